The van der Waals surface area contributed by atoms with Gasteiger partial charge >= 0.3 is 12.7 Å². The van der Waals surface area contributed by atoms with Crippen LogP contribution in [0.2, 0.25) is 0 Å². The Labute approximate surface area is 35.2 Å². The summed E-state index contributed by atoms with van der Waals surface area (Å²) in [5.41, 5.74) is 0. The summed E-state index contributed by atoms with van der Waals surface area (Å²) in [5.74, 6) is 0. The molecule has 1 heterocycles. The first-order valence-corrected chi connectivity index (χ1v) is 1.64. The molecule has 6 heavy (non-hydrogen) atoms. The minimum Gasteiger partial charge on any atom is -0.262 e. The first kappa shape index (κ1) is 3.33. The fraction of sp³-hybridized carbons (Fsp3) is 0.333. The highest BCUT2D eigenvalue weighted by Gasteiger charge is 1.85. The van der Waals surface area contributed by atoms with E-state index < -0.39 is 0 Å². The van der Waals surface area contributed by atoms with Crippen LogP contribution >= 0.6 is 0 Å². The summed E-state index contributed by atoms with van der Waals surface area (Å²) in [5, 5.41) is 0. The van der Waals surface area contributed by atoms with Gasteiger partial charge in [0.1, 0.15) is 7.05 Å². The summed E-state index contributed by atoms with van der Waals surface area (Å²) in [6.07, 6.45) is 2.96. The SMILES string of the molecule is C[n+]1cnco1. The highest BCUT2D eigenvalue weighted by molar-refractivity contribution is 4.26. The van der Waals surface area contributed by atoms with Gasteiger partial charge in [-0.2, -0.15) is 0 Å². The van der Waals surface area contributed by atoms with E-state index in [1.165, 1.54) is 11.1 Å². The lowest BCUT2D eigenvalue weighted by Crippen LogP contribution is -2.22. The average molecular weight is 85.1 g/mol. The molecule has 0 aliphatic rings. The molecule has 1 aromatic heterocycles. The van der Waals surface area contributed by atoms with Gasteiger partial charge in [-0.1, -0.05) is 4.74 Å². The zero-order chi connectivity index (χ0) is 4.41. The summed E-state index contributed by atoms with van der Waals surface area (Å²) >= 11 is 0. The highest BCUT2D eigenvalue weighted by atomic mass is 16.5. The van der Waals surface area contributed by atoms with Crippen LogP contribution in [0, 0.1) is 0 Å². The fourth-order valence-corrected chi connectivity index (χ4v) is 0.250. The van der Waals surface area contributed by atoms with Crippen molar-refractivity contribution in [3.63, 3.8) is 0 Å². The lowest BCUT2D eigenvalue weighted by Gasteiger charge is -1.63. The van der Waals surface area contributed by atoms with Gasteiger partial charge in [-0.05, 0) is 4.98 Å². The second kappa shape index (κ2) is 1.08. The lowest BCUT2D eigenvalue weighted by atomic mass is 11.2. The molecule has 0 saturated heterocycles. The summed E-state index contributed by atoms with van der Waals surface area (Å²) in [6, 6.07) is 0. The van der Waals surface area contributed by atoms with Crippen molar-refractivity contribution in [3.8, 4) is 0 Å². The molecule has 0 radical (unpaired) electrons. The highest BCUT2D eigenvalue weighted by Crippen LogP contribution is 1.59. The van der Waals surface area contributed by atoms with Crippen LogP contribution in [0.4, 0.5) is 0 Å². The maximum absolute atomic E-state index is 4.64. The molecule has 1 aromatic rings. The van der Waals surface area contributed by atoms with Crippen LogP contribution in [0.5, 0.6) is 0 Å². The maximum Gasteiger partial charge on any atom is 0.341 e. The first-order valence-electron chi connectivity index (χ1n) is 1.64. The predicted octanol–water partition coefficient (Wildman–Crippen LogP) is -0.501. The maximum atomic E-state index is 4.64. The van der Waals surface area contributed by atoms with E-state index in [0.29, 0.717) is 0 Å². The Kier molecular flexibility index (Phi) is 0.602. The van der Waals surface area contributed by atoms with Crippen LogP contribution in [0.1, 0.15) is 0 Å². The van der Waals surface area contributed by atoms with Crippen molar-refractivity contribution in [2.24, 2.45) is 7.05 Å². The largest absolute Gasteiger partial charge is 0.341 e. The Morgan fingerprint density at radius 2 is 2.67 bits per heavy atom. The molecule has 0 aromatic carbocycles. The zero-order valence-corrected chi connectivity index (χ0v) is 3.46. The van der Waals surface area contributed by atoms with Crippen molar-refractivity contribution in [2.45, 2.75) is 0 Å². The normalized spacial score (nSPS) is 8.83. The van der Waals surface area contributed by atoms with Crippen molar-refractivity contribution in [3.05, 3.63) is 12.7 Å². The molecule has 0 saturated carbocycles. The minimum atomic E-state index is 1.38. The standard InChI is InChI=1S/C3H5N2O/c1-5-2-4-3-6-5/h2-3H,1H3/q+1. The number of nitrogens with zero attached hydrogens (tertiary/aromatic N) is 2. The Balaban J connectivity index is 3.05. The van der Waals surface area contributed by atoms with Gasteiger partial charge in [-0.25, -0.2) is 0 Å². The number of hydrogen-bond donors (Lipinski definition) is 0. The fourth-order valence-electron chi connectivity index (χ4n) is 0.250. The molecule has 0 amide bonds. The topological polar surface area (TPSA) is 29.9 Å². The Morgan fingerprint density at radius 1 is 1.83 bits per heavy atom. The van der Waals surface area contributed by atoms with Crippen LogP contribution in [-0.4, -0.2) is 4.98 Å². The average Bonchev–Trinajstić information content (AvgIpc) is 1.86. The number of aryl methyl sites for hydroxylation is 1. The van der Waals surface area contributed by atoms with Crippen molar-refractivity contribution < 1.29 is 9.26 Å². The van der Waals surface area contributed by atoms with E-state index in [9.17, 15) is 0 Å². The van der Waals surface area contributed by atoms with Gasteiger partial charge in [-0.15, -0.1) is 0 Å². The van der Waals surface area contributed by atoms with Gasteiger partial charge in [0.25, 0.3) is 0 Å². The summed E-state index contributed by atoms with van der Waals surface area (Å²) < 4.78 is 6.15. The van der Waals surface area contributed by atoms with Crippen LogP contribution in [0.25, 0.3) is 0 Å². The van der Waals surface area contributed by atoms with Crippen molar-refractivity contribution >= 4 is 0 Å². The quantitative estimate of drug-likeness (QED) is 0.397. The van der Waals surface area contributed by atoms with E-state index in [4.69, 9.17) is 0 Å². The third kappa shape index (κ3) is 0.381. The van der Waals surface area contributed by atoms with Crippen molar-refractivity contribution in [1.29, 1.82) is 0 Å². The molecule has 0 bridgehead atoms. The van der Waals surface area contributed by atoms with Gasteiger partial charge in [0.05, 0.1) is 0 Å². The lowest BCUT2D eigenvalue weighted by molar-refractivity contribution is -0.845. The van der Waals surface area contributed by atoms with E-state index in [2.05, 4.69) is 9.51 Å². The van der Waals surface area contributed by atoms with Crippen LogP contribution in [0.3, 0.4) is 0 Å². The molecular formula is C3H5N2O+. The molecule has 32 valence electrons. The van der Waals surface area contributed by atoms with Crippen LogP contribution in [-0.2, 0) is 7.05 Å². The Morgan fingerprint density at radius 3 is 2.83 bits per heavy atom. The molecular weight excluding hydrogens is 80.0 g/mol. The number of rotatable bonds is 0. The predicted molar refractivity (Wildman–Crippen MR) is 17.7 cm³/mol. The van der Waals surface area contributed by atoms with E-state index in [0.717, 1.165) is 0 Å². The summed E-state index contributed by atoms with van der Waals surface area (Å²) in [4.78, 5) is 3.62. The molecule has 3 nitrogen and oxygen atoms in total. The van der Waals surface area contributed by atoms with Gasteiger partial charge in [0, 0.05) is 0 Å². The molecule has 0 spiro atoms. The van der Waals surface area contributed by atoms with E-state index in [-0.39, 0.29) is 0 Å². The van der Waals surface area contributed by atoms with E-state index in [1.807, 2.05) is 0 Å². The second-order valence-electron chi connectivity index (χ2n) is 1.02. The number of hydrogen-bond acceptors (Lipinski definition) is 2. The smallest absolute Gasteiger partial charge is 0.262 e. The zero-order valence-electron chi connectivity index (χ0n) is 3.46. The van der Waals surface area contributed by atoms with E-state index in [1.54, 1.807) is 13.4 Å². The van der Waals surface area contributed by atoms with Crippen LogP contribution < -0.4 is 4.74 Å². The summed E-state index contributed by atoms with van der Waals surface area (Å²) in [6.45, 7) is 0. The minimum absolute atomic E-state index is 1.38. The molecule has 0 N–H and O–H groups in total. The molecule has 3 heteroatoms. The molecule has 0 unspecified atom stereocenters. The third-order valence-electron chi connectivity index (χ3n) is 0.504. The third-order valence-corrected chi connectivity index (χ3v) is 0.504. The molecule has 1 rings (SSSR count). The Hall–Kier alpha value is -0.860. The molecule has 0 aliphatic carbocycles. The number of aromatic nitrogens is 2. The summed E-state index contributed by atoms with van der Waals surface area (Å²) in [7, 11) is 1.77. The van der Waals surface area contributed by atoms with E-state index >= 15 is 0 Å². The van der Waals surface area contributed by atoms with Crippen molar-refractivity contribution in [2.75, 3.05) is 0 Å². The van der Waals surface area contributed by atoms with Gasteiger partial charge < -0.3 is 0 Å². The van der Waals surface area contributed by atoms with Crippen molar-refractivity contribution in [1.82, 2.24) is 4.98 Å². The van der Waals surface area contributed by atoms with Gasteiger partial charge in [0.2, 0.25) is 0 Å². The van der Waals surface area contributed by atoms with Gasteiger partial charge in [0.15, 0.2) is 0 Å². The molecule has 0 aliphatic heterocycles. The molecule has 0 fully saturated rings. The monoisotopic (exact) mass is 85.0 g/mol. The Bertz CT molecular complexity index is 112. The van der Waals surface area contributed by atoms with Gasteiger partial charge in [-0.3, -0.25) is 4.52 Å². The first-order chi connectivity index (χ1) is 2.89. The molecule has 0 atom stereocenters. The van der Waals surface area contributed by atoms with Crippen LogP contribution in [0.15, 0.2) is 17.2 Å². The second-order valence-corrected chi connectivity index (χ2v) is 1.02.